The van der Waals surface area contributed by atoms with E-state index in [1.807, 2.05) is 37.4 Å². The number of aromatic nitrogens is 3. The van der Waals surface area contributed by atoms with Crippen molar-refractivity contribution in [2.45, 2.75) is 18.8 Å². The van der Waals surface area contributed by atoms with Crippen molar-refractivity contribution in [3.8, 4) is 22.8 Å². The van der Waals surface area contributed by atoms with Gasteiger partial charge in [-0.3, -0.25) is 0 Å². The van der Waals surface area contributed by atoms with Gasteiger partial charge in [0.25, 0.3) is 0 Å². The van der Waals surface area contributed by atoms with Crippen LogP contribution in [0.5, 0.6) is 11.5 Å². The molecule has 1 aliphatic rings. The second-order valence-corrected chi connectivity index (χ2v) is 9.23. The average Bonchev–Trinajstić information content (AvgIpc) is 3.48. The Morgan fingerprint density at radius 2 is 2.00 bits per heavy atom. The second-order valence-electron chi connectivity index (χ2n) is 9.23. The molecule has 1 fully saturated rings. The first-order chi connectivity index (χ1) is 17.9. The number of aliphatic hydroxyl groups is 1. The minimum atomic E-state index is -0.944. The van der Waals surface area contributed by atoms with Gasteiger partial charge in [0.1, 0.15) is 23.8 Å². The number of fused-ring (bicyclic) bond motifs is 1. The molecule has 0 saturated carbocycles. The number of methoxy groups -OCH3 is 1. The van der Waals surface area contributed by atoms with Crippen molar-refractivity contribution in [3.05, 3.63) is 67.5 Å². The Bertz CT molecular complexity index is 1420. The standard InChI is InChI=1S/C28H32N6O3/c1-5-27(35)30-23-14-22(25(36-4)15-26(23)37-18-11-13-33(2)16-18)32-28-29-12-10-21(31-28)20-17-34(3)24-9-7-6-8-19(20)24/h5-10,12,14-15,17-18,27,30,35H,1,11,13,16H2,2-4H3,(H,29,31,32)/t18-,27?/m1/s1. The summed E-state index contributed by atoms with van der Waals surface area (Å²) in [6.07, 6.45) is 5.26. The van der Waals surface area contributed by atoms with Crippen LogP contribution in [-0.2, 0) is 7.05 Å². The molecule has 4 aromatic rings. The normalized spacial score (nSPS) is 16.5. The number of nitrogens with one attached hydrogen (secondary N) is 2. The second kappa shape index (κ2) is 10.5. The summed E-state index contributed by atoms with van der Waals surface area (Å²) in [6, 6.07) is 13.8. The van der Waals surface area contributed by atoms with Crippen LogP contribution in [-0.4, -0.2) is 64.1 Å². The fraction of sp³-hybridized carbons (Fsp3) is 0.286. The summed E-state index contributed by atoms with van der Waals surface area (Å²) in [6.45, 7) is 5.47. The van der Waals surface area contributed by atoms with Crippen LogP contribution in [0.4, 0.5) is 17.3 Å². The van der Waals surface area contributed by atoms with Gasteiger partial charge >= 0.3 is 0 Å². The lowest BCUT2D eigenvalue weighted by Crippen LogP contribution is -2.23. The number of likely N-dealkylation sites (N-methyl/N-ethyl adjacent to an activating group) is 1. The van der Waals surface area contributed by atoms with E-state index in [9.17, 15) is 5.11 Å². The lowest BCUT2D eigenvalue weighted by atomic mass is 10.1. The zero-order valence-electron chi connectivity index (χ0n) is 21.3. The maximum Gasteiger partial charge on any atom is 0.227 e. The van der Waals surface area contributed by atoms with Crippen molar-refractivity contribution >= 4 is 28.2 Å². The highest BCUT2D eigenvalue weighted by molar-refractivity contribution is 5.95. The third-order valence-corrected chi connectivity index (χ3v) is 6.55. The predicted octanol–water partition coefficient (Wildman–Crippen LogP) is 4.39. The lowest BCUT2D eigenvalue weighted by Gasteiger charge is -2.21. The van der Waals surface area contributed by atoms with Gasteiger partial charge in [-0.15, -0.1) is 0 Å². The average molecular weight is 501 g/mol. The predicted molar refractivity (Wildman–Crippen MR) is 147 cm³/mol. The van der Waals surface area contributed by atoms with Crippen LogP contribution < -0.4 is 20.1 Å². The largest absolute Gasteiger partial charge is 0.494 e. The molecule has 9 nitrogen and oxygen atoms in total. The van der Waals surface area contributed by atoms with E-state index >= 15 is 0 Å². The van der Waals surface area contributed by atoms with E-state index in [1.165, 1.54) is 6.08 Å². The Kier molecular flexibility index (Phi) is 6.98. The summed E-state index contributed by atoms with van der Waals surface area (Å²) in [5.74, 6) is 1.58. The van der Waals surface area contributed by atoms with E-state index < -0.39 is 6.23 Å². The molecule has 0 radical (unpaired) electrons. The van der Waals surface area contributed by atoms with E-state index in [0.717, 1.165) is 41.7 Å². The maximum atomic E-state index is 10.2. The molecule has 0 spiro atoms. The molecule has 37 heavy (non-hydrogen) atoms. The third-order valence-electron chi connectivity index (χ3n) is 6.55. The van der Waals surface area contributed by atoms with Crippen LogP contribution in [0.25, 0.3) is 22.2 Å². The first kappa shape index (κ1) is 24.6. The first-order valence-corrected chi connectivity index (χ1v) is 12.2. The summed E-state index contributed by atoms with van der Waals surface area (Å²) in [5, 5.41) is 17.7. The van der Waals surface area contributed by atoms with Gasteiger partial charge < -0.3 is 34.7 Å². The van der Waals surface area contributed by atoms with E-state index in [0.29, 0.717) is 28.8 Å². The molecule has 2 aromatic carbocycles. The summed E-state index contributed by atoms with van der Waals surface area (Å²) in [5.41, 5.74) is 4.20. The number of benzene rings is 2. The maximum absolute atomic E-state index is 10.2. The summed E-state index contributed by atoms with van der Waals surface area (Å²) in [4.78, 5) is 11.4. The van der Waals surface area contributed by atoms with Gasteiger partial charge in [0.15, 0.2) is 0 Å². The summed E-state index contributed by atoms with van der Waals surface area (Å²) in [7, 11) is 5.70. The number of anilines is 3. The van der Waals surface area contributed by atoms with Crippen molar-refractivity contribution in [1.82, 2.24) is 19.4 Å². The number of ether oxygens (including phenoxy) is 2. The molecular weight excluding hydrogens is 468 g/mol. The molecule has 1 unspecified atom stereocenters. The number of para-hydroxylation sites is 1. The first-order valence-electron chi connectivity index (χ1n) is 12.2. The number of rotatable bonds is 9. The Morgan fingerprint density at radius 3 is 2.76 bits per heavy atom. The Labute approximate surface area is 216 Å². The highest BCUT2D eigenvalue weighted by Gasteiger charge is 2.24. The molecule has 1 aliphatic heterocycles. The molecule has 5 rings (SSSR count). The minimum Gasteiger partial charge on any atom is -0.494 e. The number of nitrogens with zero attached hydrogens (tertiary/aromatic N) is 4. The minimum absolute atomic E-state index is 0.0515. The van der Waals surface area contributed by atoms with Crippen LogP contribution >= 0.6 is 0 Å². The number of aryl methyl sites for hydroxylation is 1. The molecule has 2 atom stereocenters. The van der Waals surface area contributed by atoms with Gasteiger partial charge in [0.05, 0.1) is 24.2 Å². The number of hydrogen-bond acceptors (Lipinski definition) is 8. The number of likely N-dealkylation sites (tertiary alicyclic amines) is 1. The molecule has 3 N–H and O–H groups in total. The molecule has 2 aromatic heterocycles. The van der Waals surface area contributed by atoms with Crippen molar-refractivity contribution in [2.24, 2.45) is 7.05 Å². The van der Waals surface area contributed by atoms with E-state index in [4.69, 9.17) is 14.5 Å². The van der Waals surface area contributed by atoms with E-state index in [2.05, 4.69) is 57.0 Å². The fourth-order valence-electron chi connectivity index (χ4n) is 4.66. The van der Waals surface area contributed by atoms with Crippen LogP contribution in [0, 0.1) is 0 Å². The van der Waals surface area contributed by atoms with Crippen molar-refractivity contribution in [3.63, 3.8) is 0 Å². The lowest BCUT2D eigenvalue weighted by molar-refractivity contribution is 0.206. The topological polar surface area (TPSA) is 96.7 Å². The fourth-order valence-corrected chi connectivity index (χ4v) is 4.66. The monoisotopic (exact) mass is 500 g/mol. The third kappa shape index (κ3) is 5.23. The number of hydrogen-bond donors (Lipinski definition) is 3. The van der Waals surface area contributed by atoms with E-state index in [1.54, 1.807) is 13.3 Å². The van der Waals surface area contributed by atoms with Gasteiger partial charge in [0, 0.05) is 55.1 Å². The van der Waals surface area contributed by atoms with Gasteiger partial charge in [-0.1, -0.05) is 24.8 Å². The molecule has 3 heterocycles. The highest BCUT2D eigenvalue weighted by atomic mass is 16.5. The summed E-state index contributed by atoms with van der Waals surface area (Å²) < 4.78 is 14.1. The molecule has 0 amide bonds. The Hall–Kier alpha value is -4.08. The molecule has 192 valence electrons. The molecule has 0 aliphatic carbocycles. The van der Waals surface area contributed by atoms with Crippen LogP contribution in [0.3, 0.4) is 0 Å². The highest BCUT2D eigenvalue weighted by Crippen LogP contribution is 2.39. The molecule has 1 saturated heterocycles. The van der Waals surface area contributed by atoms with Crippen LogP contribution in [0.1, 0.15) is 6.42 Å². The summed E-state index contributed by atoms with van der Waals surface area (Å²) >= 11 is 0. The van der Waals surface area contributed by atoms with Crippen molar-refractivity contribution < 1.29 is 14.6 Å². The molecule has 0 bridgehead atoms. The van der Waals surface area contributed by atoms with Gasteiger partial charge in [-0.25, -0.2) is 9.97 Å². The Morgan fingerprint density at radius 1 is 1.16 bits per heavy atom. The SMILES string of the molecule is C=CC(O)Nc1cc(Nc2nccc(-c3cn(C)c4ccccc34)n2)c(OC)cc1O[C@@H]1CCN(C)C1. The van der Waals surface area contributed by atoms with Crippen molar-refractivity contribution in [1.29, 1.82) is 0 Å². The number of aliphatic hydroxyl groups excluding tert-OH is 1. The van der Waals surface area contributed by atoms with Gasteiger partial charge in [0.2, 0.25) is 5.95 Å². The van der Waals surface area contributed by atoms with Crippen LogP contribution in [0.15, 0.2) is 67.5 Å². The van der Waals surface area contributed by atoms with Crippen molar-refractivity contribution in [2.75, 3.05) is 37.9 Å². The Balaban J connectivity index is 1.48. The van der Waals surface area contributed by atoms with E-state index in [-0.39, 0.29) is 6.10 Å². The van der Waals surface area contributed by atoms with Crippen LogP contribution in [0.2, 0.25) is 0 Å². The zero-order chi connectivity index (χ0) is 25.9. The smallest absolute Gasteiger partial charge is 0.227 e. The quantitative estimate of drug-likeness (QED) is 0.230. The molecular formula is C28H32N6O3. The molecule has 9 heteroatoms. The zero-order valence-corrected chi connectivity index (χ0v) is 21.3. The van der Waals surface area contributed by atoms with Gasteiger partial charge in [-0.05, 0) is 37.7 Å². The van der Waals surface area contributed by atoms with Gasteiger partial charge in [-0.2, -0.15) is 0 Å².